The van der Waals surface area contributed by atoms with Crippen molar-refractivity contribution < 1.29 is 4.74 Å². The van der Waals surface area contributed by atoms with E-state index in [2.05, 4.69) is 65.5 Å². The van der Waals surface area contributed by atoms with Crippen molar-refractivity contribution in [2.75, 3.05) is 26.2 Å². The summed E-state index contributed by atoms with van der Waals surface area (Å²) in [6.07, 6.45) is 0. The van der Waals surface area contributed by atoms with Gasteiger partial charge >= 0.3 is 0 Å². The molecule has 0 atom stereocenters. The van der Waals surface area contributed by atoms with Gasteiger partial charge in [-0.15, -0.1) is 5.10 Å². The Balaban J connectivity index is 1.60. The van der Waals surface area contributed by atoms with E-state index in [-0.39, 0.29) is 0 Å². The van der Waals surface area contributed by atoms with Crippen LogP contribution < -0.4 is 4.74 Å². The van der Waals surface area contributed by atoms with Crippen LogP contribution in [0.15, 0.2) is 84.9 Å². The Hall–Kier alpha value is -3.44. The van der Waals surface area contributed by atoms with Crippen molar-refractivity contribution in [1.29, 1.82) is 0 Å². The number of aromatic nitrogens is 3. The topological polar surface area (TPSA) is 43.2 Å². The highest BCUT2D eigenvalue weighted by Crippen LogP contribution is 2.31. The van der Waals surface area contributed by atoms with Crippen LogP contribution in [0.1, 0.15) is 19.4 Å². The van der Waals surface area contributed by atoms with E-state index in [9.17, 15) is 0 Å². The number of hydrogen-bond acceptors (Lipinski definition) is 4. The van der Waals surface area contributed by atoms with E-state index in [0.717, 1.165) is 47.9 Å². The molecule has 0 aliphatic carbocycles. The average molecular weight is 427 g/mol. The molecule has 0 fully saturated rings. The molecule has 0 aliphatic rings. The van der Waals surface area contributed by atoms with Gasteiger partial charge in [-0.2, -0.15) is 0 Å². The maximum absolute atomic E-state index is 5.97. The first-order chi connectivity index (χ1) is 15.8. The van der Waals surface area contributed by atoms with Crippen molar-refractivity contribution >= 4 is 0 Å². The van der Waals surface area contributed by atoms with Gasteiger partial charge in [0.1, 0.15) is 18.1 Å². The lowest BCUT2D eigenvalue weighted by molar-refractivity contribution is 0.223. The molecule has 1 aromatic heterocycles. The minimum Gasteiger partial charge on any atom is -0.492 e. The molecule has 4 rings (SSSR count). The fourth-order valence-corrected chi connectivity index (χ4v) is 3.80. The van der Waals surface area contributed by atoms with Crippen LogP contribution in [0.5, 0.6) is 5.75 Å². The Morgan fingerprint density at radius 1 is 0.781 bits per heavy atom. The van der Waals surface area contributed by atoms with Crippen LogP contribution in [0.25, 0.3) is 22.5 Å². The number of likely N-dealkylation sites (N-methyl/N-ethyl adjacent to an activating group) is 1. The zero-order valence-electron chi connectivity index (χ0n) is 18.8. The number of benzene rings is 3. The second-order valence-electron chi connectivity index (χ2n) is 7.70. The van der Waals surface area contributed by atoms with Gasteiger partial charge in [0.25, 0.3) is 0 Å². The van der Waals surface area contributed by atoms with Crippen LogP contribution in [0.2, 0.25) is 0 Å². The lowest BCUT2D eigenvalue weighted by atomic mass is 10.0. The highest BCUT2D eigenvalue weighted by molar-refractivity contribution is 5.78. The van der Waals surface area contributed by atoms with Gasteiger partial charge in [0.05, 0.1) is 12.2 Å². The molecule has 3 aromatic carbocycles. The largest absolute Gasteiger partial charge is 0.492 e. The Kier molecular flexibility index (Phi) is 7.31. The molecule has 0 aliphatic heterocycles. The van der Waals surface area contributed by atoms with Gasteiger partial charge < -0.3 is 9.64 Å². The predicted molar refractivity (Wildman–Crippen MR) is 130 cm³/mol. The molecule has 32 heavy (non-hydrogen) atoms. The summed E-state index contributed by atoms with van der Waals surface area (Å²) in [5.74, 6) is 0.879. The maximum Gasteiger partial charge on any atom is 0.121 e. The average Bonchev–Trinajstić information content (AvgIpc) is 3.27. The normalized spacial score (nSPS) is 11.1. The van der Waals surface area contributed by atoms with Gasteiger partial charge in [0.2, 0.25) is 0 Å². The fourth-order valence-electron chi connectivity index (χ4n) is 3.80. The molecular weight excluding hydrogens is 396 g/mol. The summed E-state index contributed by atoms with van der Waals surface area (Å²) in [5, 5.41) is 9.05. The van der Waals surface area contributed by atoms with Crippen molar-refractivity contribution in [3.05, 3.63) is 90.5 Å². The first kappa shape index (κ1) is 21.8. The first-order valence-electron chi connectivity index (χ1n) is 11.3. The highest BCUT2D eigenvalue weighted by Gasteiger charge is 2.17. The van der Waals surface area contributed by atoms with Gasteiger partial charge in [-0.3, -0.25) is 0 Å². The van der Waals surface area contributed by atoms with E-state index in [0.29, 0.717) is 13.2 Å². The van der Waals surface area contributed by atoms with Crippen molar-refractivity contribution in [3.8, 4) is 28.3 Å². The summed E-state index contributed by atoms with van der Waals surface area (Å²) in [5.41, 5.74) is 5.21. The molecule has 0 spiro atoms. The molecule has 0 unspecified atom stereocenters. The molecule has 0 bridgehead atoms. The van der Waals surface area contributed by atoms with Crippen LogP contribution in [0.3, 0.4) is 0 Å². The van der Waals surface area contributed by atoms with Gasteiger partial charge in [0.15, 0.2) is 0 Å². The molecule has 1 heterocycles. The smallest absolute Gasteiger partial charge is 0.121 e. The number of ether oxygens (including phenoxy) is 1. The predicted octanol–water partition coefficient (Wildman–Crippen LogP) is 5.38. The van der Waals surface area contributed by atoms with Crippen LogP contribution >= 0.6 is 0 Å². The lowest BCUT2D eigenvalue weighted by Crippen LogP contribution is -2.27. The van der Waals surface area contributed by atoms with Gasteiger partial charge in [-0.25, -0.2) is 4.68 Å². The number of nitrogens with zero attached hydrogens (tertiary/aromatic N) is 4. The van der Waals surface area contributed by atoms with Gasteiger partial charge in [-0.1, -0.05) is 79.7 Å². The SMILES string of the molecule is CCN(CC)CCOc1ccc(-c2c(-c3ccccc3)nnn2Cc2ccccc2)cc1. The first-order valence-corrected chi connectivity index (χ1v) is 11.3. The van der Waals surface area contributed by atoms with Gasteiger partial charge in [0, 0.05) is 17.7 Å². The fraction of sp³-hybridized carbons (Fsp3) is 0.259. The highest BCUT2D eigenvalue weighted by atomic mass is 16.5. The number of rotatable bonds is 10. The quantitative estimate of drug-likeness (QED) is 0.341. The number of hydrogen-bond donors (Lipinski definition) is 0. The third-order valence-electron chi connectivity index (χ3n) is 5.66. The minimum absolute atomic E-state index is 0.665. The second-order valence-corrected chi connectivity index (χ2v) is 7.70. The monoisotopic (exact) mass is 426 g/mol. The molecule has 0 saturated heterocycles. The van der Waals surface area contributed by atoms with Crippen molar-refractivity contribution in [2.24, 2.45) is 0 Å². The summed E-state index contributed by atoms with van der Waals surface area (Å²) >= 11 is 0. The molecule has 0 saturated carbocycles. The molecule has 4 aromatic rings. The molecule has 0 N–H and O–H groups in total. The van der Waals surface area contributed by atoms with E-state index in [4.69, 9.17) is 4.74 Å². The van der Waals surface area contributed by atoms with E-state index in [1.807, 2.05) is 53.2 Å². The summed E-state index contributed by atoms with van der Waals surface area (Å²) in [4.78, 5) is 2.36. The summed E-state index contributed by atoms with van der Waals surface area (Å²) in [6, 6.07) is 28.8. The zero-order chi connectivity index (χ0) is 22.2. The molecule has 5 nitrogen and oxygen atoms in total. The van der Waals surface area contributed by atoms with E-state index < -0.39 is 0 Å². The summed E-state index contributed by atoms with van der Waals surface area (Å²) in [7, 11) is 0. The minimum atomic E-state index is 0.665. The molecular formula is C27H30N4O. The van der Waals surface area contributed by atoms with Gasteiger partial charge in [-0.05, 0) is 42.9 Å². The summed E-state index contributed by atoms with van der Waals surface area (Å²) in [6.45, 7) is 8.71. The molecule has 0 radical (unpaired) electrons. The van der Waals surface area contributed by atoms with Crippen LogP contribution in [0, 0.1) is 0 Å². The van der Waals surface area contributed by atoms with Crippen molar-refractivity contribution in [2.45, 2.75) is 20.4 Å². The Morgan fingerprint density at radius 3 is 2.09 bits per heavy atom. The Labute approximate surface area is 190 Å². The Morgan fingerprint density at radius 2 is 1.44 bits per heavy atom. The van der Waals surface area contributed by atoms with E-state index >= 15 is 0 Å². The van der Waals surface area contributed by atoms with Crippen LogP contribution in [-0.4, -0.2) is 46.1 Å². The second kappa shape index (κ2) is 10.7. The van der Waals surface area contributed by atoms with Crippen molar-refractivity contribution in [1.82, 2.24) is 19.9 Å². The molecule has 5 heteroatoms. The standard InChI is InChI=1S/C27H30N4O/c1-3-30(4-2)19-20-32-25-17-15-24(16-18-25)27-26(23-13-9-6-10-14-23)28-29-31(27)21-22-11-7-5-8-12-22/h5-18H,3-4,19-21H2,1-2H3. The lowest BCUT2D eigenvalue weighted by Gasteiger charge is -2.18. The van der Waals surface area contributed by atoms with Crippen molar-refractivity contribution in [3.63, 3.8) is 0 Å². The third-order valence-corrected chi connectivity index (χ3v) is 5.66. The zero-order valence-corrected chi connectivity index (χ0v) is 18.8. The maximum atomic E-state index is 5.97. The van der Waals surface area contributed by atoms with E-state index in [1.54, 1.807) is 0 Å². The van der Waals surface area contributed by atoms with E-state index in [1.165, 1.54) is 5.56 Å². The molecule has 164 valence electrons. The third kappa shape index (κ3) is 5.24. The Bertz CT molecular complexity index is 1090. The van der Waals surface area contributed by atoms with Crippen LogP contribution in [-0.2, 0) is 6.54 Å². The molecule has 0 amide bonds. The summed E-state index contributed by atoms with van der Waals surface area (Å²) < 4.78 is 7.95. The van der Waals surface area contributed by atoms with Crippen LogP contribution in [0.4, 0.5) is 0 Å².